The molecule has 0 aliphatic heterocycles. The molecule has 1 unspecified atom stereocenters. The number of carbonyl (C=O) groups excluding carboxylic acids is 1. The second-order valence-electron chi connectivity index (χ2n) is 5.72. The number of nitrogen functional groups attached to an aromatic ring is 1. The number of anilines is 1. The Bertz CT molecular complexity index is 438. The van der Waals surface area contributed by atoms with Crippen molar-refractivity contribution in [1.82, 2.24) is 5.32 Å². The van der Waals surface area contributed by atoms with Gasteiger partial charge in [0.05, 0.1) is 10.6 Å². The van der Waals surface area contributed by atoms with Crippen LogP contribution in [0.15, 0.2) is 18.2 Å². The second-order valence-corrected chi connectivity index (χ2v) is 6.12. The van der Waals surface area contributed by atoms with Gasteiger partial charge in [0.2, 0.25) is 0 Å². The summed E-state index contributed by atoms with van der Waals surface area (Å²) in [6.45, 7) is 9.18. The molecule has 0 aliphatic rings. The van der Waals surface area contributed by atoms with Crippen LogP contribution in [0.3, 0.4) is 0 Å². The van der Waals surface area contributed by atoms with Crippen molar-refractivity contribution in [1.29, 1.82) is 0 Å². The van der Waals surface area contributed by atoms with Gasteiger partial charge in [0.15, 0.2) is 0 Å². The highest BCUT2D eigenvalue weighted by atomic mass is 35.5. The lowest BCUT2D eigenvalue weighted by Crippen LogP contribution is -2.33. The minimum Gasteiger partial charge on any atom is -0.399 e. The van der Waals surface area contributed by atoms with Gasteiger partial charge in [0.1, 0.15) is 0 Å². The number of amides is 1. The van der Waals surface area contributed by atoms with Crippen molar-refractivity contribution in [3.05, 3.63) is 28.8 Å². The zero-order valence-corrected chi connectivity index (χ0v) is 12.1. The van der Waals surface area contributed by atoms with Crippen molar-refractivity contribution < 1.29 is 4.79 Å². The smallest absolute Gasteiger partial charge is 0.252 e. The van der Waals surface area contributed by atoms with Crippen LogP contribution in [-0.2, 0) is 0 Å². The molecule has 1 amide bonds. The molecule has 0 radical (unpaired) electrons. The largest absolute Gasteiger partial charge is 0.399 e. The molecule has 0 saturated heterocycles. The Morgan fingerprint density at radius 1 is 1.44 bits per heavy atom. The molecule has 3 N–H and O–H groups in total. The number of nitrogens with one attached hydrogen (secondary N) is 1. The van der Waals surface area contributed by atoms with Crippen LogP contribution in [-0.4, -0.2) is 12.5 Å². The van der Waals surface area contributed by atoms with Gasteiger partial charge >= 0.3 is 0 Å². The van der Waals surface area contributed by atoms with E-state index in [9.17, 15) is 4.79 Å². The fourth-order valence-corrected chi connectivity index (χ4v) is 1.57. The van der Waals surface area contributed by atoms with E-state index in [0.29, 0.717) is 28.7 Å². The Morgan fingerprint density at radius 3 is 2.61 bits per heavy atom. The first-order valence-corrected chi connectivity index (χ1v) is 6.43. The highest BCUT2D eigenvalue weighted by molar-refractivity contribution is 6.34. The van der Waals surface area contributed by atoms with E-state index in [-0.39, 0.29) is 11.3 Å². The molecule has 1 rings (SSSR count). The van der Waals surface area contributed by atoms with E-state index in [1.165, 1.54) is 0 Å². The molecule has 1 atom stereocenters. The molecular formula is C14H21ClN2O. The average Bonchev–Trinajstić information content (AvgIpc) is 2.27. The van der Waals surface area contributed by atoms with E-state index in [1.54, 1.807) is 18.2 Å². The molecule has 18 heavy (non-hydrogen) atoms. The summed E-state index contributed by atoms with van der Waals surface area (Å²) in [4.78, 5) is 12.0. The zero-order valence-electron chi connectivity index (χ0n) is 11.4. The first kappa shape index (κ1) is 14.8. The summed E-state index contributed by atoms with van der Waals surface area (Å²) in [6, 6.07) is 4.91. The van der Waals surface area contributed by atoms with E-state index in [4.69, 9.17) is 17.3 Å². The molecule has 100 valence electrons. The van der Waals surface area contributed by atoms with Crippen molar-refractivity contribution in [3.63, 3.8) is 0 Å². The van der Waals surface area contributed by atoms with Crippen LogP contribution < -0.4 is 11.1 Å². The van der Waals surface area contributed by atoms with Crippen molar-refractivity contribution >= 4 is 23.2 Å². The van der Waals surface area contributed by atoms with E-state index < -0.39 is 0 Å². The summed E-state index contributed by atoms with van der Waals surface area (Å²) in [5, 5.41) is 3.32. The second kappa shape index (κ2) is 5.61. The van der Waals surface area contributed by atoms with Crippen molar-refractivity contribution in [2.24, 2.45) is 11.3 Å². The molecule has 1 aromatic rings. The molecule has 1 aromatic carbocycles. The summed E-state index contributed by atoms with van der Waals surface area (Å²) in [6.07, 6.45) is 0. The van der Waals surface area contributed by atoms with Crippen LogP contribution in [0.1, 0.15) is 38.1 Å². The summed E-state index contributed by atoms with van der Waals surface area (Å²) in [5.74, 6) is 0.199. The van der Waals surface area contributed by atoms with Crippen molar-refractivity contribution in [2.45, 2.75) is 27.7 Å². The molecule has 3 nitrogen and oxygen atoms in total. The Hall–Kier alpha value is -1.22. The quantitative estimate of drug-likeness (QED) is 0.826. The Balaban J connectivity index is 2.69. The third-order valence-corrected chi connectivity index (χ3v) is 3.61. The molecule has 0 fully saturated rings. The molecule has 0 heterocycles. The minimum absolute atomic E-state index is 0.160. The topological polar surface area (TPSA) is 55.1 Å². The van der Waals surface area contributed by atoms with Gasteiger partial charge in [-0.05, 0) is 29.5 Å². The van der Waals surface area contributed by atoms with Gasteiger partial charge in [-0.3, -0.25) is 4.79 Å². The van der Waals surface area contributed by atoms with E-state index in [0.717, 1.165) is 0 Å². The molecule has 0 spiro atoms. The Kier molecular flexibility index (Phi) is 4.63. The van der Waals surface area contributed by atoms with Gasteiger partial charge in [-0.25, -0.2) is 0 Å². The summed E-state index contributed by atoms with van der Waals surface area (Å²) in [7, 11) is 0. The van der Waals surface area contributed by atoms with Crippen LogP contribution in [0.5, 0.6) is 0 Å². The summed E-state index contributed by atoms with van der Waals surface area (Å²) >= 11 is 5.98. The van der Waals surface area contributed by atoms with Crippen LogP contribution in [0.2, 0.25) is 5.02 Å². The van der Waals surface area contributed by atoms with E-state index in [1.807, 2.05) is 0 Å². The predicted molar refractivity (Wildman–Crippen MR) is 76.8 cm³/mol. The fourth-order valence-electron chi connectivity index (χ4n) is 1.36. The molecule has 0 aliphatic carbocycles. The van der Waals surface area contributed by atoms with Gasteiger partial charge in [-0.2, -0.15) is 0 Å². The maximum atomic E-state index is 12.0. The zero-order chi connectivity index (χ0) is 13.9. The first-order valence-electron chi connectivity index (χ1n) is 6.05. The molecular weight excluding hydrogens is 248 g/mol. The number of halogens is 1. The molecule has 0 saturated carbocycles. The maximum absolute atomic E-state index is 12.0. The van der Waals surface area contributed by atoms with Crippen LogP contribution >= 0.6 is 11.6 Å². The highest BCUT2D eigenvalue weighted by Gasteiger charge is 2.21. The monoisotopic (exact) mass is 268 g/mol. The maximum Gasteiger partial charge on any atom is 0.252 e. The van der Waals surface area contributed by atoms with Crippen LogP contribution in [0.4, 0.5) is 5.69 Å². The van der Waals surface area contributed by atoms with Crippen LogP contribution in [0.25, 0.3) is 0 Å². The SMILES string of the molecule is CC(CNC(=O)c1cc(N)ccc1Cl)C(C)(C)C. The lowest BCUT2D eigenvalue weighted by molar-refractivity contribution is 0.0937. The van der Waals surface area contributed by atoms with E-state index >= 15 is 0 Å². The third kappa shape index (κ3) is 3.91. The van der Waals surface area contributed by atoms with Crippen LogP contribution in [0, 0.1) is 11.3 Å². The lowest BCUT2D eigenvalue weighted by Gasteiger charge is -2.27. The number of carbonyl (C=O) groups is 1. The number of hydrogen-bond donors (Lipinski definition) is 2. The molecule has 4 heteroatoms. The van der Waals surface area contributed by atoms with Gasteiger partial charge < -0.3 is 11.1 Å². The molecule has 0 aromatic heterocycles. The lowest BCUT2D eigenvalue weighted by atomic mass is 9.82. The van der Waals surface area contributed by atoms with Crippen molar-refractivity contribution in [3.8, 4) is 0 Å². The Labute approximate surface area is 114 Å². The Morgan fingerprint density at radius 2 is 2.06 bits per heavy atom. The fraction of sp³-hybridized carbons (Fsp3) is 0.500. The van der Waals surface area contributed by atoms with Gasteiger partial charge in [-0.15, -0.1) is 0 Å². The highest BCUT2D eigenvalue weighted by Crippen LogP contribution is 2.25. The standard InChI is InChI=1S/C14H21ClN2O/c1-9(14(2,3)4)8-17-13(18)11-7-10(16)5-6-12(11)15/h5-7,9H,8,16H2,1-4H3,(H,17,18). The van der Waals surface area contributed by atoms with E-state index in [2.05, 4.69) is 33.0 Å². The third-order valence-electron chi connectivity index (χ3n) is 3.28. The van der Waals surface area contributed by atoms with Gasteiger partial charge in [0.25, 0.3) is 5.91 Å². The normalized spacial score (nSPS) is 13.2. The number of rotatable bonds is 3. The summed E-state index contributed by atoms with van der Waals surface area (Å²) in [5.41, 5.74) is 6.78. The average molecular weight is 269 g/mol. The number of benzene rings is 1. The minimum atomic E-state index is -0.177. The summed E-state index contributed by atoms with van der Waals surface area (Å²) < 4.78 is 0. The first-order chi connectivity index (χ1) is 8.21. The molecule has 0 bridgehead atoms. The van der Waals surface area contributed by atoms with Crippen molar-refractivity contribution in [2.75, 3.05) is 12.3 Å². The predicted octanol–water partition coefficient (Wildman–Crippen LogP) is 3.33. The van der Waals surface area contributed by atoms with Gasteiger partial charge in [-0.1, -0.05) is 39.3 Å². The number of hydrogen-bond acceptors (Lipinski definition) is 2. The number of nitrogens with two attached hydrogens (primary N) is 1. The van der Waals surface area contributed by atoms with Gasteiger partial charge in [0, 0.05) is 12.2 Å².